The van der Waals surface area contributed by atoms with Crippen molar-refractivity contribution in [2.75, 3.05) is 11.9 Å². The van der Waals surface area contributed by atoms with Crippen LogP contribution in [0, 0.1) is 10.1 Å². The van der Waals surface area contributed by atoms with Gasteiger partial charge in [0.2, 0.25) is 0 Å². The number of hydrogen-bond acceptors (Lipinski definition) is 5. The molecule has 6 nitrogen and oxygen atoms in total. The lowest BCUT2D eigenvalue weighted by molar-refractivity contribution is -0.384. The van der Waals surface area contributed by atoms with Crippen LogP contribution in [0.2, 0.25) is 5.15 Å². The normalized spacial score (nSPS) is 12.2. The zero-order valence-corrected chi connectivity index (χ0v) is 9.44. The van der Waals surface area contributed by atoms with E-state index in [1.807, 2.05) is 0 Å². The predicted octanol–water partition coefficient (Wildman–Crippen LogP) is 1.83. The molecule has 0 radical (unpaired) electrons. The molecule has 88 valence electrons. The molecule has 0 aliphatic carbocycles. The maximum atomic E-state index is 10.5. The average molecular weight is 246 g/mol. The van der Waals surface area contributed by atoms with Gasteiger partial charge in [0.1, 0.15) is 11.0 Å². The molecule has 7 heteroatoms. The fraction of sp³-hybridized carbons (Fsp3) is 0.444. The van der Waals surface area contributed by atoms with Gasteiger partial charge in [0.05, 0.1) is 23.2 Å². The molecule has 0 saturated carbocycles. The van der Waals surface area contributed by atoms with Gasteiger partial charge >= 0.3 is 0 Å². The summed E-state index contributed by atoms with van der Waals surface area (Å²) < 4.78 is 0. The highest BCUT2D eigenvalue weighted by atomic mass is 35.5. The van der Waals surface area contributed by atoms with Crippen LogP contribution in [0.25, 0.3) is 0 Å². The Morgan fingerprint density at radius 1 is 1.69 bits per heavy atom. The summed E-state index contributed by atoms with van der Waals surface area (Å²) in [4.78, 5) is 13.9. The van der Waals surface area contributed by atoms with Crippen molar-refractivity contribution < 1.29 is 10.0 Å². The Morgan fingerprint density at radius 2 is 2.38 bits per heavy atom. The first-order valence-electron chi connectivity index (χ1n) is 4.73. The number of halogens is 1. The van der Waals surface area contributed by atoms with Gasteiger partial charge in [-0.15, -0.1) is 0 Å². The largest absolute Gasteiger partial charge is 0.393 e. The van der Waals surface area contributed by atoms with Gasteiger partial charge in [-0.25, -0.2) is 4.98 Å². The highest BCUT2D eigenvalue weighted by Crippen LogP contribution is 2.20. The molecule has 1 aromatic rings. The van der Waals surface area contributed by atoms with Crippen LogP contribution >= 0.6 is 11.6 Å². The van der Waals surface area contributed by atoms with Crippen molar-refractivity contribution in [1.29, 1.82) is 0 Å². The van der Waals surface area contributed by atoms with E-state index in [9.17, 15) is 10.1 Å². The Balaban J connectivity index is 2.69. The van der Waals surface area contributed by atoms with E-state index in [2.05, 4.69) is 10.3 Å². The number of aromatic nitrogens is 1. The third kappa shape index (κ3) is 4.00. The smallest absolute Gasteiger partial charge is 0.276 e. The maximum absolute atomic E-state index is 10.5. The Labute approximate surface area is 97.4 Å². The first-order chi connectivity index (χ1) is 7.49. The number of hydrogen-bond donors (Lipinski definition) is 2. The van der Waals surface area contributed by atoms with Crippen LogP contribution in [0.1, 0.15) is 13.3 Å². The van der Waals surface area contributed by atoms with Crippen molar-refractivity contribution in [3.63, 3.8) is 0 Å². The van der Waals surface area contributed by atoms with Crippen molar-refractivity contribution >= 4 is 23.1 Å². The molecular weight excluding hydrogens is 234 g/mol. The SMILES string of the molecule is CC(O)CCNc1cc([N+](=O)[O-])cc(Cl)n1. The van der Waals surface area contributed by atoms with Gasteiger partial charge in [-0.2, -0.15) is 0 Å². The van der Waals surface area contributed by atoms with Gasteiger partial charge in [-0.3, -0.25) is 10.1 Å². The van der Waals surface area contributed by atoms with Gasteiger partial charge in [0.15, 0.2) is 0 Å². The molecule has 1 unspecified atom stereocenters. The number of aliphatic hydroxyl groups excluding tert-OH is 1. The summed E-state index contributed by atoms with van der Waals surface area (Å²) in [6, 6.07) is 2.48. The van der Waals surface area contributed by atoms with E-state index in [4.69, 9.17) is 16.7 Å². The molecule has 0 fully saturated rings. The van der Waals surface area contributed by atoms with Crippen molar-refractivity contribution in [3.8, 4) is 0 Å². The van der Waals surface area contributed by atoms with Crippen molar-refractivity contribution in [2.24, 2.45) is 0 Å². The van der Waals surface area contributed by atoms with E-state index in [1.54, 1.807) is 6.92 Å². The van der Waals surface area contributed by atoms with Crippen LogP contribution in [0.4, 0.5) is 11.5 Å². The minimum atomic E-state index is -0.534. The van der Waals surface area contributed by atoms with E-state index < -0.39 is 11.0 Å². The van der Waals surface area contributed by atoms with Crippen molar-refractivity contribution in [3.05, 3.63) is 27.4 Å². The summed E-state index contributed by atoms with van der Waals surface area (Å²) in [7, 11) is 0. The molecule has 0 saturated heterocycles. The van der Waals surface area contributed by atoms with Crippen LogP contribution in [0.15, 0.2) is 12.1 Å². The minimum absolute atomic E-state index is 0.0637. The summed E-state index contributed by atoms with van der Waals surface area (Å²) in [6.45, 7) is 2.14. The third-order valence-electron chi connectivity index (χ3n) is 1.86. The number of pyridine rings is 1. The van der Waals surface area contributed by atoms with Crippen LogP contribution in [-0.2, 0) is 0 Å². The van der Waals surface area contributed by atoms with E-state index in [0.717, 1.165) is 0 Å². The zero-order valence-electron chi connectivity index (χ0n) is 8.68. The minimum Gasteiger partial charge on any atom is -0.393 e. The summed E-state index contributed by atoms with van der Waals surface area (Å²) >= 11 is 5.63. The van der Waals surface area contributed by atoms with Crippen LogP contribution in [0.5, 0.6) is 0 Å². The molecule has 2 N–H and O–H groups in total. The fourth-order valence-electron chi connectivity index (χ4n) is 1.09. The monoisotopic (exact) mass is 245 g/mol. The van der Waals surface area contributed by atoms with Crippen LogP contribution in [-0.4, -0.2) is 27.7 Å². The number of rotatable bonds is 5. The van der Waals surface area contributed by atoms with Gasteiger partial charge in [0.25, 0.3) is 5.69 Å². The summed E-state index contributed by atoms with van der Waals surface area (Å²) in [5.74, 6) is 0.333. The van der Waals surface area contributed by atoms with E-state index in [-0.39, 0.29) is 10.8 Å². The Hall–Kier alpha value is -1.40. The average Bonchev–Trinajstić information content (AvgIpc) is 2.16. The highest BCUT2D eigenvalue weighted by molar-refractivity contribution is 6.29. The topological polar surface area (TPSA) is 88.3 Å². The number of aliphatic hydroxyl groups is 1. The van der Waals surface area contributed by atoms with Gasteiger partial charge in [-0.1, -0.05) is 11.6 Å². The van der Waals surface area contributed by atoms with E-state index in [0.29, 0.717) is 18.8 Å². The standard InChI is InChI=1S/C9H12ClN3O3/c1-6(14)2-3-11-9-5-7(13(15)16)4-8(10)12-9/h4-6,14H,2-3H2,1H3,(H,11,12). The number of nitro groups is 1. The Kier molecular flexibility index (Phi) is 4.45. The van der Waals surface area contributed by atoms with Crippen LogP contribution < -0.4 is 5.32 Å². The third-order valence-corrected chi connectivity index (χ3v) is 2.05. The molecule has 0 aromatic carbocycles. The van der Waals surface area contributed by atoms with E-state index in [1.165, 1.54) is 12.1 Å². The molecule has 1 rings (SSSR count). The predicted molar refractivity (Wildman–Crippen MR) is 60.7 cm³/mol. The quantitative estimate of drug-likeness (QED) is 0.469. The Bertz CT molecular complexity index is 384. The molecule has 0 aliphatic heterocycles. The number of nitrogens with zero attached hydrogens (tertiary/aromatic N) is 2. The fourth-order valence-corrected chi connectivity index (χ4v) is 1.29. The lowest BCUT2D eigenvalue weighted by atomic mass is 10.3. The molecule has 16 heavy (non-hydrogen) atoms. The lowest BCUT2D eigenvalue weighted by Crippen LogP contribution is -2.10. The second kappa shape index (κ2) is 5.62. The lowest BCUT2D eigenvalue weighted by Gasteiger charge is -2.07. The molecule has 0 bridgehead atoms. The van der Waals surface area contributed by atoms with Crippen molar-refractivity contribution in [1.82, 2.24) is 4.98 Å². The van der Waals surface area contributed by atoms with Gasteiger partial charge < -0.3 is 10.4 Å². The molecule has 1 aromatic heterocycles. The summed E-state index contributed by atoms with van der Waals surface area (Å²) in [6.07, 6.45) is 0.101. The maximum Gasteiger partial charge on any atom is 0.276 e. The first-order valence-corrected chi connectivity index (χ1v) is 5.10. The second-order valence-electron chi connectivity index (χ2n) is 3.35. The number of nitrogens with one attached hydrogen (secondary N) is 1. The molecule has 0 aliphatic rings. The molecular formula is C9H12ClN3O3. The van der Waals surface area contributed by atoms with Gasteiger partial charge in [0, 0.05) is 6.54 Å². The zero-order chi connectivity index (χ0) is 12.1. The number of anilines is 1. The molecule has 1 heterocycles. The Morgan fingerprint density at radius 3 is 2.94 bits per heavy atom. The first kappa shape index (κ1) is 12.7. The summed E-state index contributed by atoms with van der Waals surface area (Å²) in [5.41, 5.74) is -0.112. The van der Waals surface area contributed by atoms with Crippen LogP contribution in [0.3, 0.4) is 0 Å². The van der Waals surface area contributed by atoms with Gasteiger partial charge in [-0.05, 0) is 13.3 Å². The molecule has 0 amide bonds. The summed E-state index contributed by atoms with van der Waals surface area (Å²) in [5, 5.41) is 22.5. The molecule has 1 atom stereocenters. The van der Waals surface area contributed by atoms with E-state index >= 15 is 0 Å². The molecule has 0 spiro atoms. The van der Waals surface area contributed by atoms with Crippen molar-refractivity contribution in [2.45, 2.75) is 19.4 Å². The highest BCUT2D eigenvalue weighted by Gasteiger charge is 2.09. The second-order valence-corrected chi connectivity index (χ2v) is 3.74.